The number of ether oxygens (including phenoxy) is 3. The van der Waals surface area contributed by atoms with Crippen molar-refractivity contribution in [2.45, 2.75) is 232 Å². The van der Waals surface area contributed by atoms with Gasteiger partial charge in [-0.2, -0.15) is 0 Å². The van der Waals surface area contributed by atoms with Crippen LogP contribution in [0, 0.1) is 0 Å². The van der Waals surface area contributed by atoms with E-state index in [4.69, 9.17) is 14.2 Å². The van der Waals surface area contributed by atoms with Crippen molar-refractivity contribution in [2.24, 2.45) is 0 Å². The number of hydrogen-bond acceptors (Lipinski definition) is 6. The Labute approximate surface area is 387 Å². The van der Waals surface area contributed by atoms with E-state index in [0.717, 1.165) is 109 Å². The summed E-state index contributed by atoms with van der Waals surface area (Å²) >= 11 is 0. The van der Waals surface area contributed by atoms with Crippen LogP contribution in [0.2, 0.25) is 0 Å². The Morgan fingerprint density at radius 2 is 0.619 bits per heavy atom. The minimum atomic E-state index is -0.798. The Balaban J connectivity index is 4.48. The van der Waals surface area contributed by atoms with Crippen molar-refractivity contribution in [3.63, 3.8) is 0 Å². The molecule has 63 heavy (non-hydrogen) atoms. The van der Waals surface area contributed by atoms with Crippen molar-refractivity contribution in [1.29, 1.82) is 0 Å². The molecule has 0 radical (unpaired) electrons. The highest BCUT2D eigenvalue weighted by atomic mass is 16.6. The molecule has 0 amide bonds. The van der Waals surface area contributed by atoms with Gasteiger partial charge in [-0.15, -0.1) is 0 Å². The molecule has 0 saturated heterocycles. The molecule has 0 aromatic rings. The average Bonchev–Trinajstić information content (AvgIpc) is 3.28. The van der Waals surface area contributed by atoms with Crippen molar-refractivity contribution >= 4 is 17.9 Å². The van der Waals surface area contributed by atoms with Crippen LogP contribution in [0.3, 0.4) is 0 Å². The first-order chi connectivity index (χ1) is 31.0. The third-order valence-electron chi connectivity index (χ3n) is 10.7. The van der Waals surface area contributed by atoms with Crippen molar-refractivity contribution in [3.05, 3.63) is 97.2 Å². The molecule has 0 aromatic carbocycles. The fourth-order valence-corrected chi connectivity index (χ4v) is 6.75. The highest BCUT2D eigenvalue weighted by molar-refractivity contribution is 5.71. The van der Waals surface area contributed by atoms with Gasteiger partial charge in [-0.25, -0.2) is 0 Å². The van der Waals surface area contributed by atoms with Gasteiger partial charge in [0.2, 0.25) is 0 Å². The first-order valence-corrected chi connectivity index (χ1v) is 25.8. The number of carbonyl (C=O) groups is 3. The predicted molar refractivity (Wildman–Crippen MR) is 270 cm³/mol. The average molecular weight is 875 g/mol. The van der Waals surface area contributed by atoms with Gasteiger partial charge < -0.3 is 14.2 Å². The van der Waals surface area contributed by atoms with E-state index in [2.05, 4.69) is 93.7 Å². The molecule has 0 N–H and O–H groups in total. The molecule has 0 bridgehead atoms. The molecular weight excluding hydrogens is 781 g/mol. The lowest BCUT2D eigenvalue weighted by Gasteiger charge is -2.18. The molecule has 6 heteroatoms. The van der Waals surface area contributed by atoms with Crippen LogP contribution in [-0.4, -0.2) is 37.2 Å². The van der Waals surface area contributed by atoms with Gasteiger partial charge in [-0.3, -0.25) is 14.4 Å². The molecule has 0 aliphatic heterocycles. The summed E-state index contributed by atoms with van der Waals surface area (Å²) in [6.45, 7) is 6.45. The number of carbonyl (C=O) groups excluding carboxylic acids is 3. The number of rotatable bonds is 45. The first-order valence-electron chi connectivity index (χ1n) is 25.8. The van der Waals surface area contributed by atoms with E-state index in [-0.39, 0.29) is 31.1 Å². The van der Waals surface area contributed by atoms with Crippen LogP contribution in [-0.2, 0) is 28.6 Å². The first kappa shape index (κ1) is 59.3. The molecule has 358 valence electrons. The summed E-state index contributed by atoms with van der Waals surface area (Å²) in [6, 6.07) is 0. The Bertz CT molecular complexity index is 1280. The van der Waals surface area contributed by atoms with Crippen LogP contribution in [0.5, 0.6) is 0 Å². The van der Waals surface area contributed by atoms with Gasteiger partial charge in [-0.05, 0) is 89.9 Å². The topological polar surface area (TPSA) is 78.9 Å². The maximum absolute atomic E-state index is 12.8. The van der Waals surface area contributed by atoms with Crippen LogP contribution in [0.4, 0.5) is 0 Å². The van der Waals surface area contributed by atoms with E-state index in [1.165, 1.54) is 77.0 Å². The molecule has 0 heterocycles. The van der Waals surface area contributed by atoms with Crippen molar-refractivity contribution in [1.82, 2.24) is 0 Å². The minimum absolute atomic E-state index is 0.0964. The second kappa shape index (κ2) is 51.0. The van der Waals surface area contributed by atoms with E-state index in [1.807, 2.05) is 24.3 Å². The molecule has 6 nitrogen and oxygen atoms in total. The van der Waals surface area contributed by atoms with Crippen LogP contribution >= 0.6 is 0 Å². The molecule has 0 aliphatic rings. The zero-order valence-corrected chi connectivity index (χ0v) is 40.8. The Morgan fingerprint density at radius 1 is 0.317 bits per heavy atom. The highest BCUT2D eigenvalue weighted by Gasteiger charge is 2.19. The lowest BCUT2D eigenvalue weighted by Crippen LogP contribution is -2.30. The lowest BCUT2D eigenvalue weighted by atomic mass is 10.1. The fourth-order valence-electron chi connectivity index (χ4n) is 6.75. The molecule has 1 unspecified atom stereocenters. The summed E-state index contributed by atoms with van der Waals surface area (Å²) in [7, 11) is 0. The summed E-state index contributed by atoms with van der Waals surface area (Å²) < 4.78 is 16.8. The largest absolute Gasteiger partial charge is 0.462 e. The maximum atomic E-state index is 12.8. The van der Waals surface area contributed by atoms with Crippen molar-refractivity contribution in [3.8, 4) is 0 Å². The molecule has 0 aliphatic carbocycles. The summed E-state index contributed by atoms with van der Waals surface area (Å²) in [6.07, 6.45) is 66.6. The standard InChI is InChI=1S/C57H94O6/c1-4-7-10-13-16-19-22-25-27-28-29-31-32-35-38-41-44-47-50-56(59)62-53-54(52-61-55(58)49-46-43-40-37-34-24-21-18-15-12-9-6-3)63-57(60)51-48-45-42-39-36-33-30-26-23-20-17-14-11-8-5-2/h10,13,16-23,25-29,31,54H,4-9,11-12,14-15,24,30,32-53H2,1-3H3/b13-10-,19-16-,20-17-,21-18-,25-22-,26-23-,28-27-,31-29-. The number of hydrogen-bond donors (Lipinski definition) is 0. The van der Waals surface area contributed by atoms with E-state index >= 15 is 0 Å². The summed E-state index contributed by atoms with van der Waals surface area (Å²) in [4.78, 5) is 38.0. The molecule has 0 spiro atoms. The van der Waals surface area contributed by atoms with E-state index in [9.17, 15) is 14.4 Å². The van der Waals surface area contributed by atoms with Crippen molar-refractivity contribution in [2.75, 3.05) is 13.2 Å². The third kappa shape index (κ3) is 49.2. The Hall–Kier alpha value is -3.67. The van der Waals surface area contributed by atoms with Gasteiger partial charge >= 0.3 is 17.9 Å². The summed E-state index contributed by atoms with van der Waals surface area (Å²) in [5, 5.41) is 0. The number of unbranched alkanes of at least 4 members (excludes halogenated alkanes) is 23. The zero-order valence-electron chi connectivity index (χ0n) is 40.8. The van der Waals surface area contributed by atoms with Gasteiger partial charge in [0.15, 0.2) is 6.10 Å². The fraction of sp³-hybridized carbons (Fsp3) is 0.667. The molecule has 0 fully saturated rings. The zero-order chi connectivity index (χ0) is 45.8. The Morgan fingerprint density at radius 3 is 1.02 bits per heavy atom. The van der Waals surface area contributed by atoms with Crippen LogP contribution < -0.4 is 0 Å². The second-order valence-electron chi connectivity index (χ2n) is 16.9. The molecule has 0 aromatic heterocycles. The third-order valence-corrected chi connectivity index (χ3v) is 10.7. The van der Waals surface area contributed by atoms with E-state index < -0.39 is 6.10 Å². The summed E-state index contributed by atoms with van der Waals surface area (Å²) in [5.41, 5.74) is 0. The number of esters is 3. The quantitative estimate of drug-likeness (QED) is 0.0199. The van der Waals surface area contributed by atoms with Crippen molar-refractivity contribution < 1.29 is 28.6 Å². The Kier molecular flexibility index (Phi) is 48.0. The monoisotopic (exact) mass is 875 g/mol. The SMILES string of the molecule is CCC\C=C/C=C\C=C/C=C\C=C/CCCCCCCC(=O)OCC(COC(=O)CCCCCCC/C=C\CCCCC)OC(=O)CCCCCCCC/C=C\C=C/CCCCC. The molecular formula is C57H94O6. The number of allylic oxidation sites excluding steroid dienone is 16. The van der Waals surface area contributed by atoms with Gasteiger partial charge in [0.05, 0.1) is 0 Å². The minimum Gasteiger partial charge on any atom is -0.462 e. The van der Waals surface area contributed by atoms with Gasteiger partial charge in [-0.1, -0.05) is 214 Å². The highest BCUT2D eigenvalue weighted by Crippen LogP contribution is 2.13. The van der Waals surface area contributed by atoms with E-state index in [0.29, 0.717) is 19.3 Å². The van der Waals surface area contributed by atoms with Crippen LogP contribution in [0.25, 0.3) is 0 Å². The van der Waals surface area contributed by atoms with Gasteiger partial charge in [0, 0.05) is 19.3 Å². The van der Waals surface area contributed by atoms with Crippen LogP contribution in [0.1, 0.15) is 226 Å². The maximum Gasteiger partial charge on any atom is 0.306 e. The van der Waals surface area contributed by atoms with E-state index in [1.54, 1.807) is 0 Å². The molecule has 0 rings (SSSR count). The lowest BCUT2D eigenvalue weighted by molar-refractivity contribution is -0.167. The van der Waals surface area contributed by atoms with Gasteiger partial charge in [0.1, 0.15) is 13.2 Å². The van der Waals surface area contributed by atoms with Gasteiger partial charge in [0.25, 0.3) is 0 Å². The predicted octanol–water partition coefficient (Wildman–Crippen LogP) is 17.0. The normalized spacial score (nSPS) is 12.9. The molecule has 0 saturated carbocycles. The molecule has 1 atom stereocenters. The smallest absolute Gasteiger partial charge is 0.306 e. The summed E-state index contributed by atoms with van der Waals surface area (Å²) in [5.74, 6) is -0.946. The second-order valence-corrected chi connectivity index (χ2v) is 16.9. The van der Waals surface area contributed by atoms with Crippen LogP contribution in [0.15, 0.2) is 97.2 Å².